The highest BCUT2D eigenvalue weighted by Gasteiger charge is 2.37. The van der Waals surface area contributed by atoms with Gasteiger partial charge in [0, 0.05) is 18.5 Å². The molecular weight excluding hydrogens is 449 g/mol. The van der Waals surface area contributed by atoms with Gasteiger partial charge >= 0.3 is 0 Å². The summed E-state index contributed by atoms with van der Waals surface area (Å²) in [5.74, 6) is 0. The number of hydrogen-bond donors (Lipinski definition) is 0. The van der Waals surface area contributed by atoms with E-state index in [-0.39, 0.29) is 5.41 Å². The first-order chi connectivity index (χ1) is 15.9. The second-order valence-corrected chi connectivity index (χ2v) is 10.3. The Morgan fingerprint density at radius 3 is 2.42 bits per heavy atom. The molecule has 1 aliphatic heterocycles. The molecule has 1 aliphatic rings. The van der Waals surface area contributed by atoms with Crippen LogP contribution in [0.3, 0.4) is 0 Å². The van der Waals surface area contributed by atoms with E-state index in [0.717, 1.165) is 62.0 Å². The fourth-order valence-electron chi connectivity index (χ4n) is 5.40. The molecule has 172 valence electrons. The maximum Gasteiger partial charge on any atom is 0.0994 e. The molecule has 4 rings (SSSR count). The van der Waals surface area contributed by atoms with Crippen LogP contribution in [0.15, 0.2) is 48.5 Å². The number of fused-ring (bicyclic) bond motifs is 1. The Labute approximate surface area is 207 Å². The highest BCUT2D eigenvalue weighted by molar-refractivity contribution is 6.42. The predicted molar refractivity (Wildman–Crippen MR) is 139 cm³/mol. The number of nitriles is 1. The number of hydrogen-bond acceptors (Lipinski definition) is 3. The second kappa shape index (κ2) is 10.0. The summed E-state index contributed by atoms with van der Waals surface area (Å²) in [4.78, 5) is 4.82. The van der Waals surface area contributed by atoms with Crippen molar-refractivity contribution in [3.63, 3.8) is 0 Å². The van der Waals surface area contributed by atoms with Gasteiger partial charge in [-0.25, -0.2) is 0 Å². The highest BCUT2D eigenvalue weighted by Crippen LogP contribution is 2.39. The van der Waals surface area contributed by atoms with Gasteiger partial charge in [0.1, 0.15) is 0 Å². The Balaban J connectivity index is 1.70. The molecule has 3 aromatic carbocycles. The van der Waals surface area contributed by atoms with Crippen molar-refractivity contribution in [2.24, 2.45) is 0 Å². The van der Waals surface area contributed by atoms with E-state index >= 15 is 0 Å². The number of rotatable bonds is 6. The van der Waals surface area contributed by atoms with Crippen LogP contribution in [0.4, 0.5) is 0 Å². The van der Waals surface area contributed by atoms with E-state index in [9.17, 15) is 5.26 Å². The van der Waals surface area contributed by atoms with E-state index in [1.165, 1.54) is 16.5 Å². The van der Waals surface area contributed by atoms with Gasteiger partial charge in [-0.2, -0.15) is 5.26 Å². The lowest BCUT2D eigenvalue weighted by Crippen LogP contribution is -2.47. The van der Waals surface area contributed by atoms with Gasteiger partial charge < -0.3 is 9.80 Å². The normalized spacial score (nSPS) is 16.3. The number of nitrogens with zero attached hydrogens (tertiary/aromatic N) is 3. The van der Waals surface area contributed by atoms with Crippen LogP contribution in [0.2, 0.25) is 10.0 Å². The maximum absolute atomic E-state index is 9.80. The number of halogens is 2. The fourth-order valence-corrected chi connectivity index (χ4v) is 5.70. The Hall–Kier alpha value is -2.09. The van der Waals surface area contributed by atoms with Gasteiger partial charge in [0.05, 0.1) is 21.7 Å². The van der Waals surface area contributed by atoms with Gasteiger partial charge in [0.25, 0.3) is 0 Å². The summed E-state index contributed by atoms with van der Waals surface area (Å²) in [5.41, 5.74) is 4.51. The van der Waals surface area contributed by atoms with Crippen molar-refractivity contribution in [3.8, 4) is 6.07 Å². The van der Waals surface area contributed by atoms with Crippen LogP contribution < -0.4 is 0 Å². The Bertz CT molecular complexity index is 1190. The highest BCUT2D eigenvalue weighted by atomic mass is 35.5. The van der Waals surface area contributed by atoms with Crippen molar-refractivity contribution in [1.29, 1.82) is 5.26 Å². The van der Waals surface area contributed by atoms with Crippen molar-refractivity contribution in [1.82, 2.24) is 9.80 Å². The molecular formula is C28H31Cl2N3. The summed E-state index contributed by atoms with van der Waals surface area (Å²) in [5, 5.41) is 13.4. The van der Waals surface area contributed by atoms with Crippen LogP contribution in [0.1, 0.15) is 42.0 Å². The zero-order valence-electron chi connectivity index (χ0n) is 19.7. The number of piperidine rings is 1. The van der Waals surface area contributed by atoms with Gasteiger partial charge in [0.15, 0.2) is 0 Å². The zero-order valence-corrected chi connectivity index (χ0v) is 21.2. The fraction of sp³-hybridized carbons (Fsp3) is 0.393. The molecule has 0 bridgehead atoms. The SMILES string of the molecule is CCc1c(C#N)cc2ccccc2c1CN(C)CC1(c2ccc(Cl)c(Cl)c2)CCN(C)CC1. The Kier molecular flexibility index (Phi) is 7.31. The van der Waals surface area contributed by atoms with Crippen LogP contribution >= 0.6 is 23.2 Å². The molecule has 3 aromatic rings. The van der Waals surface area contributed by atoms with Gasteiger partial charge in [0.2, 0.25) is 0 Å². The molecule has 1 fully saturated rings. The van der Waals surface area contributed by atoms with E-state index in [4.69, 9.17) is 23.2 Å². The second-order valence-electron chi connectivity index (χ2n) is 9.45. The molecule has 0 aromatic heterocycles. The lowest BCUT2D eigenvalue weighted by molar-refractivity contribution is 0.140. The van der Waals surface area contributed by atoms with Crippen LogP contribution in [-0.4, -0.2) is 43.5 Å². The van der Waals surface area contributed by atoms with Crippen LogP contribution in [0, 0.1) is 11.3 Å². The first kappa shape index (κ1) is 24.0. The Morgan fingerprint density at radius 2 is 1.76 bits per heavy atom. The molecule has 0 unspecified atom stereocenters. The molecule has 0 saturated carbocycles. The average Bonchev–Trinajstić information content (AvgIpc) is 2.82. The molecule has 33 heavy (non-hydrogen) atoms. The van der Waals surface area contributed by atoms with E-state index < -0.39 is 0 Å². The summed E-state index contributed by atoms with van der Waals surface area (Å²) in [7, 11) is 4.39. The predicted octanol–water partition coefficient (Wildman–Crippen LogP) is 6.68. The molecule has 0 amide bonds. The molecule has 0 atom stereocenters. The zero-order chi connectivity index (χ0) is 23.6. The third kappa shape index (κ3) is 4.91. The molecule has 1 saturated heterocycles. The molecule has 5 heteroatoms. The van der Waals surface area contributed by atoms with Crippen LogP contribution in [-0.2, 0) is 18.4 Å². The summed E-state index contributed by atoms with van der Waals surface area (Å²) >= 11 is 12.7. The average molecular weight is 480 g/mol. The largest absolute Gasteiger partial charge is 0.306 e. The van der Waals surface area contributed by atoms with Gasteiger partial charge in [-0.3, -0.25) is 0 Å². The van der Waals surface area contributed by atoms with Gasteiger partial charge in [-0.05, 0) is 92.1 Å². The minimum Gasteiger partial charge on any atom is -0.306 e. The van der Waals surface area contributed by atoms with E-state index in [1.807, 2.05) is 18.2 Å². The topological polar surface area (TPSA) is 30.3 Å². The maximum atomic E-state index is 9.80. The van der Waals surface area contributed by atoms with E-state index in [1.54, 1.807) is 0 Å². The summed E-state index contributed by atoms with van der Waals surface area (Å²) < 4.78 is 0. The molecule has 0 spiro atoms. The number of benzene rings is 3. The van der Waals surface area contributed by atoms with Crippen molar-refractivity contribution in [2.45, 2.75) is 38.1 Å². The molecule has 1 heterocycles. The monoisotopic (exact) mass is 479 g/mol. The van der Waals surface area contributed by atoms with Crippen molar-refractivity contribution in [3.05, 3.63) is 80.8 Å². The van der Waals surface area contributed by atoms with Crippen LogP contribution in [0.25, 0.3) is 10.8 Å². The van der Waals surface area contributed by atoms with E-state index in [0.29, 0.717) is 10.0 Å². The first-order valence-corrected chi connectivity index (χ1v) is 12.4. The Morgan fingerprint density at radius 1 is 1.03 bits per heavy atom. The summed E-state index contributed by atoms with van der Waals surface area (Å²) in [6.07, 6.45) is 3.00. The number of likely N-dealkylation sites (N-methyl/N-ethyl adjacent to an activating group) is 1. The van der Waals surface area contributed by atoms with Gasteiger partial charge in [-0.1, -0.05) is 60.5 Å². The quantitative estimate of drug-likeness (QED) is 0.395. The lowest BCUT2D eigenvalue weighted by Gasteiger charge is -2.43. The van der Waals surface area contributed by atoms with Crippen molar-refractivity contribution in [2.75, 3.05) is 33.7 Å². The van der Waals surface area contributed by atoms with E-state index in [2.05, 4.69) is 67.2 Å². The molecule has 3 nitrogen and oxygen atoms in total. The van der Waals surface area contributed by atoms with Crippen molar-refractivity contribution < 1.29 is 0 Å². The minimum atomic E-state index is 0.0184. The van der Waals surface area contributed by atoms with Crippen molar-refractivity contribution >= 4 is 34.0 Å². The lowest BCUT2D eigenvalue weighted by atomic mass is 9.72. The third-order valence-corrected chi connectivity index (χ3v) is 7.96. The smallest absolute Gasteiger partial charge is 0.0994 e. The van der Waals surface area contributed by atoms with Crippen LogP contribution in [0.5, 0.6) is 0 Å². The van der Waals surface area contributed by atoms with Gasteiger partial charge in [-0.15, -0.1) is 0 Å². The molecule has 0 radical (unpaired) electrons. The molecule has 0 aliphatic carbocycles. The standard InChI is InChI=1S/C28H31Cl2N3/c1-4-23-21(17-31)15-20-7-5-6-8-24(20)25(23)18-33(3)19-28(11-13-32(2)14-12-28)22-9-10-26(29)27(30)16-22/h5-10,15-16H,4,11-14,18-19H2,1-3H3. The molecule has 0 N–H and O–H groups in total. The first-order valence-electron chi connectivity index (χ1n) is 11.6. The summed E-state index contributed by atoms with van der Waals surface area (Å²) in [6, 6.07) is 19.0. The third-order valence-electron chi connectivity index (χ3n) is 7.23. The minimum absolute atomic E-state index is 0.0184. The summed E-state index contributed by atoms with van der Waals surface area (Å²) in [6.45, 7) is 5.98. The number of likely N-dealkylation sites (tertiary alicyclic amines) is 1.